The minimum Gasteiger partial charge on any atom is -0.507 e. The lowest BCUT2D eigenvalue weighted by molar-refractivity contribution is 0.101. The third kappa shape index (κ3) is 3.96. The number of Topliss-reactive ketones (excluding diaryl/α,β-unsaturated/α-hetero) is 1. The molecule has 1 aromatic rings. The highest BCUT2D eigenvalue weighted by molar-refractivity contribution is 6.31. The van der Waals surface area contributed by atoms with Gasteiger partial charge in [0, 0.05) is 23.7 Å². The summed E-state index contributed by atoms with van der Waals surface area (Å²) < 4.78 is 0. The maximum absolute atomic E-state index is 11.5. The van der Waals surface area contributed by atoms with Gasteiger partial charge in [0.2, 0.25) is 0 Å². The van der Waals surface area contributed by atoms with E-state index in [1.165, 1.54) is 13.0 Å². The van der Waals surface area contributed by atoms with Crippen LogP contribution in [0.2, 0.25) is 5.02 Å². The lowest BCUT2D eigenvalue weighted by atomic mass is 10.0. The SMILES string of the molecule is CC(=O)c1cc(Cl)cc(CN(C)CC2CCCC2O)c1O. The average molecular weight is 312 g/mol. The molecular weight excluding hydrogens is 290 g/mol. The first kappa shape index (κ1) is 16.3. The first-order chi connectivity index (χ1) is 9.88. The normalized spacial score (nSPS) is 22.0. The van der Waals surface area contributed by atoms with E-state index in [0.29, 0.717) is 17.1 Å². The number of rotatable bonds is 5. The maximum atomic E-state index is 11.5. The third-order valence-electron chi connectivity index (χ3n) is 4.14. The molecule has 2 atom stereocenters. The largest absolute Gasteiger partial charge is 0.507 e. The molecule has 116 valence electrons. The van der Waals surface area contributed by atoms with Crippen molar-refractivity contribution in [3.8, 4) is 5.75 Å². The molecule has 0 bridgehead atoms. The number of phenols is 1. The van der Waals surface area contributed by atoms with E-state index in [9.17, 15) is 15.0 Å². The highest BCUT2D eigenvalue weighted by Crippen LogP contribution is 2.30. The van der Waals surface area contributed by atoms with E-state index in [1.54, 1.807) is 6.07 Å². The number of carbonyl (C=O) groups is 1. The van der Waals surface area contributed by atoms with Gasteiger partial charge in [0.25, 0.3) is 0 Å². The first-order valence-corrected chi connectivity index (χ1v) is 7.65. The number of ketones is 1. The van der Waals surface area contributed by atoms with Crippen LogP contribution >= 0.6 is 11.6 Å². The van der Waals surface area contributed by atoms with Crippen LogP contribution in [-0.4, -0.2) is 40.6 Å². The molecule has 2 unspecified atom stereocenters. The van der Waals surface area contributed by atoms with Crippen molar-refractivity contribution < 1.29 is 15.0 Å². The molecule has 21 heavy (non-hydrogen) atoms. The number of aliphatic hydroxyl groups excluding tert-OH is 1. The lowest BCUT2D eigenvalue weighted by Gasteiger charge is -2.23. The Bertz CT molecular complexity index is 532. The Labute approximate surface area is 130 Å². The summed E-state index contributed by atoms with van der Waals surface area (Å²) in [5, 5.41) is 20.5. The minimum absolute atomic E-state index is 0.00530. The summed E-state index contributed by atoms with van der Waals surface area (Å²) in [6, 6.07) is 3.17. The molecular formula is C16H22ClNO3. The van der Waals surface area contributed by atoms with E-state index in [2.05, 4.69) is 4.90 Å². The quantitative estimate of drug-likeness (QED) is 0.821. The van der Waals surface area contributed by atoms with E-state index < -0.39 is 0 Å². The summed E-state index contributed by atoms with van der Waals surface area (Å²) in [7, 11) is 1.94. The van der Waals surface area contributed by atoms with Crippen molar-refractivity contribution >= 4 is 17.4 Å². The topological polar surface area (TPSA) is 60.8 Å². The number of aliphatic hydroxyl groups is 1. The molecule has 5 heteroatoms. The molecule has 0 saturated heterocycles. The van der Waals surface area contributed by atoms with E-state index in [4.69, 9.17) is 11.6 Å². The number of benzene rings is 1. The van der Waals surface area contributed by atoms with E-state index in [0.717, 1.165) is 25.8 Å². The van der Waals surface area contributed by atoms with Crippen LogP contribution in [0.4, 0.5) is 0 Å². The van der Waals surface area contributed by atoms with Crippen molar-refractivity contribution in [2.24, 2.45) is 5.92 Å². The molecule has 1 aromatic carbocycles. The Morgan fingerprint density at radius 2 is 2.14 bits per heavy atom. The summed E-state index contributed by atoms with van der Waals surface area (Å²) in [5.41, 5.74) is 0.898. The van der Waals surface area contributed by atoms with Gasteiger partial charge in [-0.2, -0.15) is 0 Å². The van der Waals surface area contributed by atoms with Gasteiger partial charge in [-0.3, -0.25) is 4.79 Å². The standard InChI is InChI=1S/C16H22ClNO3/c1-10(19)14-7-13(17)6-12(16(14)21)9-18(2)8-11-4-3-5-15(11)20/h6-7,11,15,20-21H,3-5,8-9H2,1-2H3. The predicted molar refractivity (Wildman–Crippen MR) is 82.8 cm³/mol. The fourth-order valence-electron chi connectivity index (χ4n) is 3.03. The number of aromatic hydroxyl groups is 1. The summed E-state index contributed by atoms with van der Waals surface area (Å²) in [6.07, 6.45) is 2.74. The Kier molecular flexibility index (Phi) is 5.25. The molecule has 0 amide bonds. The van der Waals surface area contributed by atoms with Gasteiger partial charge in [-0.15, -0.1) is 0 Å². The van der Waals surface area contributed by atoms with Crippen molar-refractivity contribution in [1.29, 1.82) is 0 Å². The predicted octanol–water partition coefficient (Wildman–Crippen LogP) is 2.84. The van der Waals surface area contributed by atoms with E-state index >= 15 is 0 Å². The van der Waals surface area contributed by atoms with Gasteiger partial charge >= 0.3 is 0 Å². The summed E-state index contributed by atoms with van der Waals surface area (Å²) in [6.45, 7) is 2.67. The number of phenolic OH excluding ortho intramolecular Hbond substituents is 1. The van der Waals surface area contributed by atoms with Crippen molar-refractivity contribution in [3.05, 3.63) is 28.3 Å². The molecule has 0 heterocycles. The number of hydrogen-bond acceptors (Lipinski definition) is 4. The smallest absolute Gasteiger partial charge is 0.163 e. The molecule has 2 N–H and O–H groups in total. The van der Waals surface area contributed by atoms with Gasteiger partial charge in [-0.05, 0) is 44.9 Å². The number of carbonyl (C=O) groups excluding carboxylic acids is 1. The second kappa shape index (κ2) is 6.77. The molecule has 1 fully saturated rings. The molecule has 0 radical (unpaired) electrons. The first-order valence-electron chi connectivity index (χ1n) is 7.27. The summed E-state index contributed by atoms with van der Waals surface area (Å²) in [4.78, 5) is 13.6. The lowest BCUT2D eigenvalue weighted by Crippen LogP contribution is -2.29. The Morgan fingerprint density at radius 3 is 2.71 bits per heavy atom. The van der Waals surface area contributed by atoms with Crippen LogP contribution < -0.4 is 0 Å². The van der Waals surface area contributed by atoms with Crippen LogP contribution in [0.15, 0.2) is 12.1 Å². The highest BCUT2D eigenvalue weighted by Gasteiger charge is 2.26. The molecule has 1 aliphatic carbocycles. The van der Waals surface area contributed by atoms with Crippen LogP contribution in [-0.2, 0) is 6.54 Å². The molecule has 0 aromatic heterocycles. The van der Waals surface area contributed by atoms with Crippen LogP contribution in [0.25, 0.3) is 0 Å². The Balaban J connectivity index is 2.10. The van der Waals surface area contributed by atoms with Crippen molar-refractivity contribution in [2.45, 2.75) is 38.8 Å². The van der Waals surface area contributed by atoms with E-state index in [-0.39, 0.29) is 29.1 Å². The van der Waals surface area contributed by atoms with Crippen LogP contribution in [0.3, 0.4) is 0 Å². The molecule has 1 saturated carbocycles. The molecule has 0 spiro atoms. The highest BCUT2D eigenvalue weighted by atomic mass is 35.5. The summed E-state index contributed by atoms with van der Waals surface area (Å²) >= 11 is 6.02. The van der Waals surface area contributed by atoms with Crippen LogP contribution in [0.1, 0.15) is 42.1 Å². The molecule has 2 rings (SSSR count). The number of nitrogens with zero attached hydrogens (tertiary/aromatic N) is 1. The van der Waals surface area contributed by atoms with Crippen LogP contribution in [0, 0.1) is 5.92 Å². The maximum Gasteiger partial charge on any atom is 0.163 e. The van der Waals surface area contributed by atoms with Gasteiger partial charge in [-0.1, -0.05) is 18.0 Å². The van der Waals surface area contributed by atoms with Gasteiger partial charge in [-0.25, -0.2) is 0 Å². The zero-order chi connectivity index (χ0) is 15.6. The Morgan fingerprint density at radius 1 is 1.43 bits per heavy atom. The van der Waals surface area contributed by atoms with Gasteiger partial charge in [0.1, 0.15) is 5.75 Å². The third-order valence-corrected chi connectivity index (χ3v) is 4.36. The molecule has 4 nitrogen and oxygen atoms in total. The van der Waals surface area contributed by atoms with Crippen molar-refractivity contribution in [3.63, 3.8) is 0 Å². The second-order valence-electron chi connectivity index (χ2n) is 5.97. The van der Waals surface area contributed by atoms with E-state index in [1.807, 2.05) is 7.05 Å². The van der Waals surface area contributed by atoms with Crippen molar-refractivity contribution in [1.82, 2.24) is 4.90 Å². The fourth-order valence-corrected chi connectivity index (χ4v) is 3.27. The summed E-state index contributed by atoms with van der Waals surface area (Å²) in [5.74, 6) is 0.0828. The second-order valence-corrected chi connectivity index (χ2v) is 6.41. The monoisotopic (exact) mass is 311 g/mol. The zero-order valence-electron chi connectivity index (χ0n) is 12.5. The Hall–Kier alpha value is -1.10. The molecule has 0 aliphatic heterocycles. The van der Waals surface area contributed by atoms with Gasteiger partial charge in [0.05, 0.1) is 11.7 Å². The number of hydrogen-bond donors (Lipinski definition) is 2. The fraction of sp³-hybridized carbons (Fsp3) is 0.562. The van der Waals surface area contributed by atoms with Gasteiger partial charge in [0.15, 0.2) is 5.78 Å². The van der Waals surface area contributed by atoms with Gasteiger partial charge < -0.3 is 15.1 Å². The number of halogens is 1. The van der Waals surface area contributed by atoms with Crippen molar-refractivity contribution in [2.75, 3.05) is 13.6 Å². The van der Waals surface area contributed by atoms with Crippen LogP contribution in [0.5, 0.6) is 5.75 Å². The molecule has 1 aliphatic rings. The average Bonchev–Trinajstić information content (AvgIpc) is 2.78. The zero-order valence-corrected chi connectivity index (χ0v) is 13.2. The minimum atomic E-state index is -0.229.